The van der Waals surface area contributed by atoms with Gasteiger partial charge >= 0.3 is 0 Å². The second kappa shape index (κ2) is 9.96. The number of aliphatic hydroxyl groups excluding tert-OH is 4. The number of hydrogen-bond acceptors (Lipinski definition) is 10. The standard InChI is InChI=1S/C17H29N3O10/c1-5-9(19-6(2)22)14(15(18)26)29-16(27)13(5)30-17-10(20-7(3)23)12(25)11(24)8(4-21)28-17/h5,8-14,16-17,21,24-25,27H,4H2,1-3H3,(H2,18,26)(H,19,22)(H,20,23). The van der Waals surface area contributed by atoms with Crippen molar-refractivity contribution in [3.8, 4) is 0 Å². The molecule has 0 aromatic heterocycles. The summed E-state index contributed by atoms with van der Waals surface area (Å²) < 4.78 is 16.5. The van der Waals surface area contributed by atoms with Crippen LogP contribution in [0.2, 0.25) is 0 Å². The smallest absolute Gasteiger partial charge is 0.248 e. The van der Waals surface area contributed by atoms with Crippen LogP contribution < -0.4 is 16.4 Å². The lowest BCUT2D eigenvalue weighted by molar-refractivity contribution is -0.326. The molecular formula is C17H29N3O10. The first-order valence-electron chi connectivity index (χ1n) is 9.42. The first-order chi connectivity index (χ1) is 14.0. The molecule has 10 atom stereocenters. The first kappa shape index (κ1) is 24.4. The van der Waals surface area contributed by atoms with Crippen LogP contribution in [-0.4, -0.2) is 99.9 Å². The number of nitrogens with one attached hydrogen (secondary N) is 2. The van der Waals surface area contributed by atoms with Crippen molar-refractivity contribution < 1.29 is 49.0 Å². The summed E-state index contributed by atoms with van der Waals surface area (Å²) in [6.45, 7) is 3.33. The second-order valence-electron chi connectivity index (χ2n) is 7.47. The molecule has 2 saturated heterocycles. The van der Waals surface area contributed by atoms with Crippen LogP contribution in [0.25, 0.3) is 0 Å². The molecule has 0 saturated carbocycles. The highest BCUT2D eigenvalue weighted by Gasteiger charge is 2.51. The van der Waals surface area contributed by atoms with E-state index in [-0.39, 0.29) is 0 Å². The molecule has 10 unspecified atom stereocenters. The third-order valence-corrected chi connectivity index (χ3v) is 5.17. The van der Waals surface area contributed by atoms with Crippen LogP contribution in [0.4, 0.5) is 0 Å². The van der Waals surface area contributed by atoms with Gasteiger partial charge < -0.3 is 51.0 Å². The Morgan fingerprint density at radius 2 is 1.57 bits per heavy atom. The van der Waals surface area contributed by atoms with Gasteiger partial charge in [0.1, 0.15) is 30.5 Å². The van der Waals surface area contributed by atoms with E-state index in [0.29, 0.717) is 0 Å². The molecule has 0 aromatic carbocycles. The van der Waals surface area contributed by atoms with Gasteiger partial charge in [0.15, 0.2) is 18.7 Å². The number of amides is 3. The Hall–Kier alpha value is -1.87. The van der Waals surface area contributed by atoms with Crippen molar-refractivity contribution in [2.24, 2.45) is 11.7 Å². The minimum absolute atomic E-state index is 0.472. The van der Waals surface area contributed by atoms with Crippen molar-refractivity contribution in [3.63, 3.8) is 0 Å². The van der Waals surface area contributed by atoms with Gasteiger partial charge in [-0.15, -0.1) is 0 Å². The number of primary amides is 1. The van der Waals surface area contributed by atoms with E-state index in [1.54, 1.807) is 6.92 Å². The van der Waals surface area contributed by atoms with Crippen LogP contribution >= 0.6 is 0 Å². The summed E-state index contributed by atoms with van der Waals surface area (Å²) in [4.78, 5) is 34.8. The lowest BCUT2D eigenvalue weighted by Crippen LogP contribution is -2.68. The Balaban J connectivity index is 2.28. The number of aliphatic hydroxyl groups is 4. The van der Waals surface area contributed by atoms with E-state index in [0.717, 1.165) is 0 Å². The number of nitrogens with two attached hydrogens (primary N) is 1. The highest BCUT2D eigenvalue weighted by molar-refractivity contribution is 5.81. The first-order valence-corrected chi connectivity index (χ1v) is 9.42. The predicted molar refractivity (Wildman–Crippen MR) is 97.1 cm³/mol. The molecule has 0 bridgehead atoms. The van der Waals surface area contributed by atoms with Gasteiger partial charge in [0.25, 0.3) is 0 Å². The zero-order chi connectivity index (χ0) is 22.7. The van der Waals surface area contributed by atoms with Gasteiger partial charge in [-0.3, -0.25) is 14.4 Å². The molecule has 0 aromatic rings. The van der Waals surface area contributed by atoms with E-state index in [1.807, 2.05) is 0 Å². The van der Waals surface area contributed by atoms with Gasteiger partial charge in [0, 0.05) is 19.8 Å². The average Bonchev–Trinajstić information content (AvgIpc) is 2.65. The maximum absolute atomic E-state index is 11.7. The molecule has 2 aliphatic heterocycles. The summed E-state index contributed by atoms with van der Waals surface area (Å²) in [7, 11) is 0. The molecule has 30 heavy (non-hydrogen) atoms. The van der Waals surface area contributed by atoms with E-state index in [2.05, 4.69) is 10.6 Å². The van der Waals surface area contributed by atoms with Crippen LogP contribution in [-0.2, 0) is 28.6 Å². The summed E-state index contributed by atoms with van der Waals surface area (Å²) in [6, 6.07) is -2.19. The summed E-state index contributed by atoms with van der Waals surface area (Å²) in [5, 5.41) is 45.1. The minimum Gasteiger partial charge on any atom is -0.394 e. The van der Waals surface area contributed by atoms with Crippen LogP contribution in [0.1, 0.15) is 20.8 Å². The van der Waals surface area contributed by atoms with Crippen molar-refractivity contribution >= 4 is 17.7 Å². The maximum Gasteiger partial charge on any atom is 0.248 e. The molecule has 0 radical (unpaired) electrons. The van der Waals surface area contributed by atoms with Crippen LogP contribution in [0.5, 0.6) is 0 Å². The van der Waals surface area contributed by atoms with E-state index in [9.17, 15) is 34.8 Å². The molecule has 2 aliphatic rings. The third kappa shape index (κ3) is 5.24. The Labute approximate surface area is 172 Å². The fourth-order valence-electron chi connectivity index (χ4n) is 3.67. The van der Waals surface area contributed by atoms with Crippen molar-refractivity contribution in [2.75, 3.05) is 6.61 Å². The summed E-state index contributed by atoms with van der Waals surface area (Å²) in [5.74, 6) is -2.65. The lowest BCUT2D eigenvalue weighted by Gasteiger charge is -2.47. The number of carbonyl (C=O) groups is 3. The van der Waals surface area contributed by atoms with Gasteiger partial charge in [-0.2, -0.15) is 0 Å². The molecule has 2 fully saturated rings. The molecular weight excluding hydrogens is 406 g/mol. The third-order valence-electron chi connectivity index (χ3n) is 5.17. The van der Waals surface area contributed by atoms with Crippen LogP contribution in [0.15, 0.2) is 0 Å². The van der Waals surface area contributed by atoms with Gasteiger partial charge in [-0.25, -0.2) is 0 Å². The number of carbonyl (C=O) groups excluding carboxylic acids is 3. The van der Waals surface area contributed by atoms with Crippen LogP contribution in [0, 0.1) is 5.92 Å². The average molecular weight is 435 g/mol. The molecule has 13 nitrogen and oxygen atoms in total. The van der Waals surface area contributed by atoms with Gasteiger partial charge in [0.2, 0.25) is 17.7 Å². The molecule has 2 heterocycles. The molecule has 0 spiro atoms. The number of ether oxygens (including phenoxy) is 3. The fraction of sp³-hybridized carbons (Fsp3) is 0.824. The van der Waals surface area contributed by atoms with Crippen molar-refractivity contribution in [1.82, 2.24) is 10.6 Å². The van der Waals surface area contributed by atoms with E-state index >= 15 is 0 Å². The molecule has 3 amide bonds. The van der Waals surface area contributed by atoms with Gasteiger partial charge in [0.05, 0.1) is 12.6 Å². The summed E-state index contributed by atoms with van der Waals surface area (Å²) in [6.07, 6.45) is -9.88. The van der Waals surface area contributed by atoms with Crippen molar-refractivity contribution in [3.05, 3.63) is 0 Å². The molecule has 2 rings (SSSR count). The van der Waals surface area contributed by atoms with E-state index in [4.69, 9.17) is 19.9 Å². The monoisotopic (exact) mass is 435 g/mol. The molecule has 13 heteroatoms. The van der Waals surface area contributed by atoms with Crippen molar-refractivity contribution in [2.45, 2.75) is 76.0 Å². The highest BCUT2D eigenvalue weighted by atomic mass is 16.7. The quantitative estimate of drug-likeness (QED) is 0.213. The minimum atomic E-state index is -1.67. The van der Waals surface area contributed by atoms with Crippen LogP contribution in [0.3, 0.4) is 0 Å². The second-order valence-corrected chi connectivity index (χ2v) is 7.47. The number of rotatable bonds is 6. The zero-order valence-corrected chi connectivity index (χ0v) is 16.8. The van der Waals surface area contributed by atoms with E-state index in [1.165, 1.54) is 13.8 Å². The lowest BCUT2D eigenvalue weighted by atomic mass is 9.87. The van der Waals surface area contributed by atoms with E-state index < -0.39 is 85.4 Å². The SMILES string of the molecule is CC(=O)NC1C(C(N)=O)OC(O)C(OC2OC(CO)C(O)C(O)C2NC(C)=O)C1C. The fourth-order valence-corrected chi connectivity index (χ4v) is 3.67. The predicted octanol–water partition coefficient (Wildman–Crippen LogP) is -4.34. The van der Waals surface area contributed by atoms with Gasteiger partial charge in [-0.05, 0) is 0 Å². The zero-order valence-electron chi connectivity index (χ0n) is 16.8. The molecule has 8 N–H and O–H groups in total. The molecule has 172 valence electrons. The Morgan fingerprint density at radius 3 is 2.07 bits per heavy atom. The highest BCUT2D eigenvalue weighted by Crippen LogP contribution is 2.31. The largest absolute Gasteiger partial charge is 0.394 e. The normalized spacial score (nSPS) is 41.7. The molecule has 0 aliphatic carbocycles. The summed E-state index contributed by atoms with van der Waals surface area (Å²) >= 11 is 0. The van der Waals surface area contributed by atoms with Crippen molar-refractivity contribution in [1.29, 1.82) is 0 Å². The Bertz CT molecular complexity index is 649. The topological polar surface area (TPSA) is 210 Å². The maximum atomic E-state index is 11.7. The Kier molecular flexibility index (Phi) is 8.10. The van der Waals surface area contributed by atoms with Gasteiger partial charge in [-0.1, -0.05) is 6.92 Å². The summed E-state index contributed by atoms with van der Waals surface area (Å²) in [5.41, 5.74) is 5.31. The number of hydrogen-bond donors (Lipinski definition) is 7. The Morgan fingerprint density at radius 1 is 1.00 bits per heavy atom.